The summed E-state index contributed by atoms with van der Waals surface area (Å²) < 4.78 is 0. The van der Waals surface area contributed by atoms with Gasteiger partial charge in [0.1, 0.15) is 6.04 Å². The highest BCUT2D eigenvalue weighted by Gasteiger charge is 2.23. The topological polar surface area (TPSA) is 69.6 Å². The lowest BCUT2D eigenvalue weighted by atomic mass is 10.0. The lowest BCUT2D eigenvalue weighted by molar-refractivity contribution is -0.139. The molecular formula is C13H24N2O3. The summed E-state index contributed by atoms with van der Waals surface area (Å²) in [5.41, 5.74) is 0.864. The molecular weight excluding hydrogens is 232 g/mol. The van der Waals surface area contributed by atoms with Crippen LogP contribution in [0, 0.1) is 5.92 Å². The molecule has 2 amide bonds. The summed E-state index contributed by atoms with van der Waals surface area (Å²) in [6.45, 7) is 12.2. The van der Waals surface area contributed by atoms with E-state index < -0.39 is 12.0 Å². The van der Waals surface area contributed by atoms with E-state index in [-0.39, 0.29) is 11.9 Å². The quantitative estimate of drug-likeness (QED) is 0.685. The second-order valence-electron chi connectivity index (χ2n) is 4.94. The van der Waals surface area contributed by atoms with Crippen molar-refractivity contribution in [3.8, 4) is 0 Å². The van der Waals surface area contributed by atoms with Gasteiger partial charge in [-0.05, 0) is 26.2 Å². The zero-order chi connectivity index (χ0) is 14.3. The van der Waals surface area contributed by atoms with Crippen LogP contribution in [0.4, 0.5) is 4.79 Å². The summed E-state index contributed by atoms with van der Waals surface area (Å²) in [7, 11) is 0. The molecule has 0 aromatic heterocycles. The minimum atomic E-state index is -0.997. The van der Waals surface area contributed by atoms with E-state index in [1.807, 2.05) is 27.7 Å². The van der Waals surface area contributed by atoms with Crippen LogP contribution in [0.15, 0.2) is 12.2 Å². The Bertz CT molecular complexity index is 313. The van der Waals surface area contributed by atoms with E-state index in [2.05, 4.69) is 11.9 Å². The molecule has 5 heteroatoms. The fourth-order valence-corrected chi connectivity index (χ4v) is 1.59. The maximum absolute atomic E-state index is 11.9. The number of carbonyl (C=O) groups is 2. The maximum Gasteiger partial charge on any atom is 0.326 e. The number of likely N-dealkylation sites (N-methyl/N-ethyl adjacent to an activating group) is 1. The Balaban J connectivity index is 4.56. The Morgan fingerprint density at radius 1 is 1.39 bits per heavy atom. The lowest BCUT2D eigenvalue weighted by Crippen LogP contribution is -2.48. The van der Waals surface area contributed by atoms with Gasteiger partial charge in [-0.2, -0.15) is 0 Å². The first-order chi connectivity index (χ1) is 8.27. The molecule has 18 heavy (non-hydrogen) atoms. The van der Waals surface area contributed by atoms with Crippen molar-refractivity contribution < 1.29 is 14.7 Å². The van der Waals surface area contributed by atoms with Crippen molar-refractivity contribution in [3.05, 3.63) is 12.2 Å². The minimum absolute atomic E-state index is 0.211. The maximum atomic E-state index is 11.9. The van der Waals surface area contributed by atoms with Gasteiger partial charge in [0.15, 0.2) is 0 Å². The summed E-state index contributed by atoms with van der Waals surface area (Å²) in [5, 5.41) is 11.6. The van der Waals surface area contributed by atoms with Gasteiger partial charge in [0.25, 0.3) is 0 Å². The molecule has 0 heterocycles. The summed E-state index contributed by atoms with van der Waals surface area (Å²) >= 11 is 0. The van der Waals surface area contributed by atoms with Crippen molar-refractivity contribution in [1.29, 1.82) is 0 Å². The smallest absolute Gasteiger partial charge is 0.326 e. The molecule has 0 spiro atoms. The molecule has 0 radical (unpaired) electrons. The van der Waals surface area contributed by atoms with Crippen molar-refractivity contribution in [2.45, 2.75) is 40.2 Å². The number of urea groups is 1. The molecule has 0 aliphatic heterocycles. The van der Waals surface area contributed by atoms with Crippen molar-refractivity contribution in [3.63, 3.8) is 0 Å². The van der Waals surface area contributed by atoms with E-state index in [1.54, 1.807) is 4.90 Å². The predicted molar refractivity (Wildman–Crippen MR) is 71.5 cm³/mol. The second kappa shape index (κ2) is 7.74. The van der Waals surface area contributed by atoms with Gasteiger partial charge >= 0.3 is 12.0 Å². The van der Waals surface area contributed by atoms with Gasteiger partial charge in [0, 0.05) is 13.1 Å². The number of hydrogen-bond acceptors (Lipinski definition) is 2. The summed E-state index contributed by atoms with van der Waals surface area (Å²) in [6, 6.07) is -1.19. The molecule has 0 aromatic rings. The van der Waals surface area contributed by atoms with Gasteiger partial charge in [-0.15, -0.1) is 0 Å². The largest absolute Gasteiger partial charge is 0.480 e. The zero-order valence-electron chi connectivity index (χ0n) is 11.7. The number of carboxylic acids is 1. The number of nitrogens with one attached hydrogen (secondary N) is 1. The minimum Gasteiger partial charge on any atom is -0.480 e. The third-order valence-corrected chi connectivity index (χ3v) is 2.43. The number of hydrogen-bond donors (Lipinski definition) is 2. The van der Waals surface area contributed by atoms with Crippen molar-refractivity contribution >= 4 is 12.0 Å². The average Bonchev–Trinajstić information content (AvgIpc) is 2.23. The van der Waals surface area contributed by atoms with E-state index in [0.29, 0.717) is 19.5 Å². The molecule has 0 fully saturated rings. The summed E-state index contributed by atoms with van der Waals surface area (Å²) in [4.78, 5) is 24.5. The van der Waals surface area contributed by atoms with Crippen molar-refractivity contribution in [2.75, 3.05) is 13.1 Å². The first-order valence-corrected chi connectivity index (χ1v) is 6.20. The third-order valence-electron chi connectivity index (χ3n) is 2.43. The normalized spacial score (nSPS) is 12.1. The Labute approximate surface area is 109 Å². The molecule has 0 bridgehead atoms. The van der Waals surface area contributed by atoms with Gasteiger partial charge in [-0.3, -0.25) is 0 Å². The fourth-order valence-electron chi connectivity index (χ4n) is 1.59. The molecule has 0 aromatic carbocycles. The molecule has 1 atom stereocenters. The molecule has 2 N–H and O–H groups in total. The molecule has 0 saturated heterocycles. The van der Waals surface area contributed by atoms with Crippen LogP contribution in [0.2, 0.25) is 0 Å². The Hall–Kier alpha value is -1.52. The summed E-state index contributed by atoms with van der Waals surface area (Å²) in [6.07, 6.45) is 0.422. The van der Waals surface area contributed by atoms with E-state index in [0.717, 1.165) is 5.57 Å². The van der Waals surface area contributed by atoms with Crippen LogP contribution >= 0.6 is 0 Å². The van der Waals surface area contributed by atoms with Gasteiger partial charge in [-0.1, -0.05) is 26.0 Å². The van der Waals surface area contributed by atoms with Crippen LogP contribution in [0.3, 0.4) is 0 Å². The van der Waals surface area contributed by atoms with Crippen LogP contribution in [0.25, 0.3) is 0 Å². The molecule has 0 saturated carbocycles. The van der Waals surface area contributed by atoms with E-state index in [9.17, 15) is 9.59 Å². The Kier molecular flexibility index (Phi) is 7.08. The third kappa shape index (κ3) is 6.27. The first-order valence-electron chi connectivity index (χ1n) is 6.20. The average molecular weight is 256 g/mol. The van der Waals surface area contributed by atoms with Crippen LogP contribution in [-0.4, -0.2) is 41.1 Å². The number of carboxylic acid groups (broad SMARTS) is 1. The standard InChI is InChI=1S/C13H24N2O3/c1-6-15(8-10(4)5)13(18)14-11(12(16)17)7-9(2)3/h9,11H,4,6-8H2,1-3,5H3,(H,14,18)(H,16,17). The number of rotatable bonds is 7. The highest BCUT2D eigenvalue weighted by molar-refractivity contribution is 5.82. The highest BCUT2D eigenvalue weighted by Crippen LogP contribution is 2.06. The molecule has 1 unspecified atom stereocenters. The SMILES string of the molecule is C=C(C)CN(CC)C(=O)NC(CC(C)C)C(=O)O. The summed E-state index contributed by atoms with van der Waals surface area (Å²) in [5.74, 6) is -0.786. The molecule has 104 valence electrons. The van der Waals surface area contributed by atoms with Crippen LogP contribution < -0.4 is 5.32 Å². The van der Waals surface area contributed by atoms with E-state index in [1.165, 1.54) is 0 Å². The Morgan fingerprint density at radius 3 is 2.28 bits per heavy atom. The van der Waals surface area contributed by atoms with Crippen molar-refractivity contribution in [2.24, 2.45) is 5.92 Å². The van der Waals surface area contributed by atoms with Crippen LogP contribution in [0.5, 0.6) is 0 Å². The second-order valence-corrected chi connectivity index (χ2v) is 4.94. The van der Waals surface area contributed by atoms with Crippen molar-refractivity contribution in [1.82, 2.24) is 10.2 Å². The number of aliphatic carboxylic acids is 1. The van der Waals surface area contributed by atoms with Gasteiger partial charge in [-0.25, -0.2) is 9.59 Å². The number of carbonyl (C=O) groups excluding carboxylic acids is 1. The zero-order valence-corrected chi connectivity index (χ0v) is 11.7. The van der Waals surface area contributed by atoms with Crippen LogP contribution in [0.1, 0.15) is 34.1 Å². The number of nitrogens with zero attached hydrogens (tertiary/aromatic N) is 1. The molecule has 0 aliphatic rings. The predicted octanol–water partition coefficient (Wildman–Crippen LogP) is 2.09. The van der Waals surface area contributed by atoms with Crippen LogP contribution in [-0.2, 0) is 4.79 Å². The molecule has 0 rings (SSSR count). The van der Waals surface area contributed by atoms with E-state index in [4.69, 9.17) is 5.11 Å². The highest BCUT2D eigenvalue weighted by atomic mass is 16.4. The number of amides is 2. The van der Waals surface area contributed by atoms with Gasteiger partial charge < -0.3 is 15.3 Å². The fraction of sp³-hybridized carbons (Fsp3) is 0.692. The van der Waals surface area contributed by atoms with Gasteiger partial charge in [0.2, 0.25) is 0 Å². The Morgan fingerprint density at radius 2 is 1.94 bits per heavy atom. The van der Waals surface area contributed by atoms with E-state index >= 15 is 0 Å². The molecule has 0 aliphatic carbocycles. The molecule has 5 nitrogen and oxygen atoms in total. The first kappa shape index (κ1) is 16.5. The lowest BCUT2D eigenvalue weighted by Gasteiger charge is -2.24. The monoisotopic (exact) mass is 256 g/mol. The van der Waals surface area contributed by atoms with Gasteiger partial charge in [0.05, 0.1) is 0 Å².